The van der Waals surface area contributed by atoms with Crippen LogP contribution < -0.4 is 20.3 Å². The number of hydrogen-bond acceptors (Lipinski definition) is 4. The zero-order valence-electron chi connectivity index (χ0n) is 15.9. The van der Waals surface area contributed by atoms with Gasteiger partial charge in [-0.15, -0.1) is 0 Å². The summed E-state index contributed by atoms with van der Waals surface area (Å²) in [4.78, 5) is 29.9. The van der Waals surface area contributed by atoms with Gasteiger partial charge in [0.05, 0.1) is 24.3 Å². The fraction of sp³-hybridized carbons (Fsp3) is 0.421. The van der Waals surface area contributed by atoms with Gasteiger partial charge in [-0.2, -0.15) is 0 Å². The Balaban J connectivity index is 1.60. The highest BCUT2D eigenvalue weighted by Gasteiger charge is 2.24. The SMILES string of the molecule is CCN1C(=O)COc2cc(NC(=O)NCc3cncn3CC(C)C)ccc21. The summed E-state index contributed by atoms with van der Waals surface area (Å²) in [6, 6.07) is 4.95. The first-order valence-corrected chi connectivity index (χ1v) is 9.09. The fourth-order valence-electron chi connectivity index (χ4n) is 3.03. The molecule has 1 aliphatic heterocycles. The number of urea groups is 1. The Morgan fingerprint density at radius 3 is 2.93 bits per heavy atom. The minimum Gasteiger partial charge on any atom is -0.481 e. The van der Waals surface area contributed by atoms with Gasteiger partial charge >= 0.3 is 6.03 Å². The molecule has 0 aliphatic carbocycles. The number of amides is 3. The van der Waals surface area contributed by atoms with Crippen molar-refractivity contribution in [2.75, 3.05) is 23.4 Å². The number of hydrogen-bond donors (Lipinski definition) is 2. The van der Waals surface area contributed by atoms with Crippen LogP contribution in [0.5, 0.6) is 5.75 Å². The van der Waals surface area contributed by atoms with E-state index in [4.69, 9.17) is 4.74 Å². The number of anilines is 2. The van der Waals surface area contributed by atoms with E-state index in [1.165, 1.54) is 0 Å². The third-order valence-electron chi connectivity index (χ3n) is 4.27. The van der Waals surface area contributed by atoms with Gasteiger partial charge in [0.1, 0.15) is 5.75 Å². The Hall–Kier alpha value is -3.03. The van der Waals surface area contributed by atoms with Crippen LogP contribution in [0.2, 0.25) is 0 Å². The molecule has 1 aromatic heterocycles. The smallest absolute Gasteiger partial charge is 0.319 e. The van der Waals surface area contributed by atoms with Gasteiger partial charge in [0.15, 0.2) is 6.61 Å². The van der Waals surface area contributed by atoms with Crippen molar-refractivity contribution in [3.05, 3.63) is 36.4 Å². The molecule has 0 fully saturated rings. The lowest BCUT2D eigenvalue weighted by Gasteiger charge is -2.28. The topological polar surface area (TPSA) is 88.5 Å². The van der Waals surface area contributed by atoms with Crippen LogP contribution in [-0.2, 0) is 17.9 Å². The van der Waals surface area contributed by atoms with Crippen molar-refractivity contribution < 1.29 is 14.3 Å². The lowest BCUT2D eigenvalue weighted by Crippen LogP contribution is -2.38. The number of likely N-dealkylation sites (N-methyl/N-ethyl adjacent to an activating group) is 1. The molecule has 8 heteroatoms. The first-order valence-electron chi connectivity index (χ1n) is 9.09. The minimum atomic E-state index is -0.313. The minimum absolute atomic E-state index is 0.0102. The lowest BCUT2D eigenvalue weighted by molar-refractivity contribution is -0.121. The predicted molar refractivity (Wildman–Crippen MR) is 103 cm³/mol. The first kappa shape index (κ1) is 18.8. The Bertz CT molecular complexity index is 831. The monoisotopic (exact) mass is 371 g/mol. The molecule has 0 atom stereocenters. The number of benzene rings is 1. The molecule has 2 N–H and O–H groups in total. The standard InChI is InChI=1S/C19H25N5O3/c1-4-24-16-6-5-14(7-17(16)27-11-18(24)25)22-19(26)21-9-15-8-20-12-23(15)10-13(2)3/h5-8,12-13H,4,9-11H2,1-3H3,(H2,21,22,26). The summed E-state index contributed by atoms with van der Waals surface area (Å²) in [6.45, 7) is 8.01. The number of carbonyl (C=O) groups is 2. The van der Waals surface area contributed by atoms with E-state index >= 15 is 0 Å². The van der Waals surface area contributed by atoms with Gasteiger partial charge in [-0.1, -0.05) is 13.8 Å². The van der Waals surface area contributed by atoms with Crippen molar-refractivity contribution in [3.63, 3.8) is 0 Å². The second-order valence-corrected chi connectivity index (χ2v) is 6.85. The van der Waals surface area contributed by atoms with E-state index in [9.17, 15) is 9.59 Å². The third kappa shape index (κ3) is 4.39. The van der Waals surface area contributed by atoms with Crippen molar-refractivity contribution in [3.8, 4) is 5.75 Å². The molecule has 1 aromatic carbocycles. The molecule has 0 spiro atoms. The summed E-state index contributed by atoms with van der Waals surface area (Å²) in [5, 5.41) is 5.63. The second-order valence-electron chi connectivity index (χ2n) is 6.85. The van der Waals surface area contributed by atoms with Crippen LogP contribution in [0.1, 0.15) is 26.5 Å². The van der Waals surface area contributed by atoms with Gasteiger partial charge in [0.2, 0.25) is 0 Å². The van der Waals surface area contributed by atoms with Gasteiger partial charge in [-0.05, 0) is 25.0 Å². The number of nitrogens with zero attached hydrogens (tertiary/aromatic N) is 3. The van der Waals surface area contributed by atoms with Crippen molar-refractivity contribution >= 4 is 23.3 Å². The first-order chi connectivity index (χ1) is 13.0. The zero-order chi connectivity index (χ0) is 19.4. The molecular formula is C19H25N5O3. The van der Waals surface area contributed by atoms with Crippen molar-refractivity contribution in [2.45, 2.75) is 33.9 Å². The van der Waals surface area contributed by atoms with E-state index in [-0.39, 0.29) is 18.5 Å². The molecule has 8 nitrogen and oxygen atoms in total. The van der Waals surface area contributed by atoms with Gasteiger partial charge in [-0.3, -0.25) is 4.79 Å². The van der Waals surface area contributed by atoms with Crippen molar-refractivity contribution in [2.24, 2.45) is 5.92 Å². The van der Waals surface area contributed by atoms with Crippen LogP contribution in [0.3, 0.4) is 0 Å². The average Bonchev–Trinajstić information content (AvgIpc) is 3.06. The van der Waals surface area contributed by atoms with E-state index < -0.39 is 0 Å². The summed E-state index contributed by atoms with van der Waals surface area (Å²) in [7, 11) is 0. The van der Waals surface area contributed by atoms with Gasteiger partial charge in [0.25, 0.3) is 5.91 Å². The molecular weight excluding hydrogens is 346 g/mol. The Kier molecular flexibility index (Phi) is 5.63. The highest BCUT2D eigenvalue weighted by molar-refractivity contribution is 5.98. The van der Waals surface area contributed by atoms with E-state index in [0.29, 0.717) is 30.4 Å². The molecule has 144 valence electrons. The number of carbonyl (C=O) groups excluding carboxylic acids is 2. The summed E-state index contributed by atoms with van der Waals surface area (Å²) in [5.41, 5.74) is 2.27. The summed E-state index contributed by atoms with van der Waals surface area (Å²) >= 11 is 0. The number of fused-ring (bicyclic) bond motifs is 1. The fourth-order valence-corrected chi connectivity index (χ4v) is 3.03. The number of rotatable bonds is 6. The molecule has 0 saturated heterocycles. The Morgan fingerprint density at radius 1 is 1.37 bits per heavy atom. The summed E-state index contributed by atoms with van der Waals surface area (Å²) < 4.78 is 7.52. The predicted octanol–water partition coefficient (Wildman–Crippen LogP) is 2.61. The van der Waals surface area contributed by atoms with Crippen LogP contribution in [0.4, 0.5) is 16.2 Å². The normalized spacial score (nSPS) is 13.3. The van der Waals surface area contributed by atoms with E-state index in [1.807, 2.05) is 11.5 Å². The second kappa shape index (κ2) is 8.11. The molecule has 0 unspecified atom stereocenters. The highest BCUT2D eigenvalue weighted by Crippen LogP contribution is 2.34. The third-order valence-corrected chi connectivity index (χ3v) is 4.27. The molecule has 3 amide bonds. The van der Waals surface area contributed by atoms with Gasteiger partial charge < -0.3 is 24.8 Å². The maximum atomic E-state index is 12.2. The molecule has 3 rings (SSSR count). The van der Waals surface area contributed by atoms with Crippen molar-refractivity contribution in [1.82, 2.24) is 14.9 Å². The molecule has 0 saturated carbocycles. The van der Waals surface area contributed by atoms with Gasteiger partial charge in [-0.25, -0.2) is 9.78 Å². The van der Waals surface area contributed by atoms with Gasteiger partial charge in [0, 0.05) is 31.0 Å². The zero-order valence-corrected chi connectivity index (χ0v) is 15.9. The van der Waals surface area contributed by atoms with E-state index in [0.717, 1.165) is 17.9 Å². The van der Waals surface area contributed by atoms with Crippen LogP contribution in [0.25, 0.3) is 0 Å². The largest absolute Gasteiger partial charge is 0.481 e. The quantitative estimate of drug-likeness (QED) is 0.817. The highest BCUT2D eigenvalue weighted by atomic mass is 16.5. The maximum Gasteiger partial charge on any atom is 0.319 e. The van der Waals surface area contributed by atoms with E-state index in [2.05, 4.69) is 29.5 Å². The number of imidazole rings is 1. The Morgan fingerprint density at radius 2 is 2.19 bits per heavy atom. The van der Waals surface area contributed by atoms with Crippen molar-refractivity contribution in [1.29, 1.82) is 0 Å². The number of ether oxygens (including phenoxy) is 1. The summed E-state index contributed by atoms with van der Waals surface area (Å²) in [5.74, 6) is 1.02. The molecule has 1 aliphatic rings. The number of aromatic nitrogens is 2. The Labute approximate surface area is 158 Å². The maximum absolute atomic E-state index is 12.2. The molecule has 2 aromatic rings. The number of nitrogens with one attached hydrogen (secondary N) is 2. The van der Waals surface area contributed by atoms with Crippen LogP contribution in [-0.4, -0.2) is 34.6 Å². The molecule has 0 bridgehead atoms. The average molecular weight is 371 g/mol. The van der Waals surface area contributed by atoms with Crippen LogP contribution in [0.15, 0.2) is 30.7 Å². The lowest BCUT2D eigenvalue weighted by atomic mass is 10.2. The molecule has 27 heavy (non-hydrogen) atoms. The molecule has 0 radical (unpaired) electrons. The summed E-state index contributed by atoms with van der Waals surface area (Å²) in [6.07, 6.45) is 3.53. The van der Waals surface area contributed by atoms with E-state index in [1.54, 1.807) is 35.6 Å². The molecule has 2 heterocycles. The van der Waals surface area contributed by atoms with Crippen LogP contribution in [0, 0.1) is 5.92 Å². The van der Waals surface area contributed by atoms with Crippen LogP contribution >= 0.6 is 0 Å².